The average Bonchev–Trinajstić information content (AvgIpc) is 3.16. The molecule has 3 aromatic heterocycles. The van der Waals surface area contributed by atoms with E-state index in [-0.39, 0.29) is 0 Å². The second-order valence-corrected chi connectivity index (χ2v) is 6.72. The molecule has 0 aliphatic carbocycles. The third kappa shape index (κ3) is 2.53. The molecule has 114 valence electrons. The van der Waals surface area contributed by atoms with Crippen LogP contribution >= 0.6 is 11.3 Å². The monoisotopic (exact) mass is 313 g/mol. The second-order valence-electron chi connectivity index (χ2n) is 5.94. The molecule has 1 fully saturated rings. The summed E-state index contributed by atoms with van der Waals surface area (Å²) in [6, 6.07) is 2.22. The predicted octanol–water partition coefficient (Wildman–Crippen LogP) is 2.80. The van der Waals surface area contributed by atoms with Crippen LogP contribution in [0.5, 0.6) is 0 Å². The smallest absolute Gasteiger partial charge is 0.176 e. The van der Waals surface area contributed by atoms with Crippen LogP contribution in [-0.2, 0) is 13.6 Å². The maximum absolute atomic E-state index is 4.71. The Morgan fingerprint density at radius 2 is 2.23 bits per heavy atom. The molecule has 1 atom stereocenters. The minimum absolute atomic E-state index is 0.452. The van der Waals surface area contributed by atoms with Crippen LogP contribution < -0.4 is 0 Å². The Bertz CT molecular complexity index is 764. The predicted molar refractivity (Wildman–Crippen MR) is 87.9 cm³/mol. The number of hydrogen-bond donors (Lipinski definition) is 0. The molecule has 5 nitrogen and oxygen atoms in total. The zero-order valence-corrected chi connectivity index (χ0v) is 13.5. The Balaban J connectivity index is 1.58. The number of likely N-dealkylation sites (tertiary alicyclic amines) is 1. The van der Waals surface area contributed by atoms with Gasteiger partial charge in [-0.1, -0.05) is 0 Å². The molecule has 0 unspecified atom stereocenters. The molecule has 0 radical (unpaired) electrons. The molecule has 1 aliphatic heterocycles. The van der Waals surface area contributed by atoms with Gasteiger partial charge in [0.25, 0.3) is 0 Å². The number of aryl methyl sites for hydroxylation is 1. The van der Waals surface area contributed by atoms with Gasteiger partial charge in [-0.15, -0.1) is 0 Å². The van der Waals surface area contributed by atoms with Crippen molar-refractivity contribution in [3.63, 3.8) is 0 Å². The highest BCUT2D eigenvalue weighted by atomic mass is 32.1. The first-order chi connectivity index (χ1) is 10.8. The summed E-state index contributed by atoms with van der Waals surface area (Å²) in [5.74, 6) is 0.452. The third-order valence-electron chi connectivity index (χ3n) is 4.36. The van der Waals surface area contributed by atoms with Crippen molar-refractivity contribution in [1.82, 2.24) is 24.6 Å². The Kier molecular flexibility index (Phi) is 3.63. The highest BCUT2D eigenvalue weighted by molar-refractivity contribution is 7.07. The summed E-state index contributed by atoms with van der Waals surface area (Å²) in [4.78, 5) is 11.5. The topological polar surface area (TPSA) is 46.8 Å². The van der Waals surface area contributed by atoms with Crippen LogP contribution in [0.25, 0.3) is 11.2 Å². The fraction of sp³-hybridized carbons (Fsp3) is 0.438. The molecule has 0 amide bonds. The summed E-state index contributed by atoms with van der Waals surface area (Å²) >= 11 is 1.77. The highest BCUT2D eigenvalue weighted by Gasteiger charge is 2.26. The van der Waals surface area contributed by atoms with E-state index < -0.39 is 0 Å². The quantitative estimate of drug-likeness (QED) is 0.746. The van der Waals surface area contributed by atoms with E-state index in [1.54, 1.807) is 23.7 Å². The van der Waals surface area contributed by atoms with Crippen molar-refractivity contribution in [2.75, 3.05) is 13.1 Å². The van der Waals surface area contributed by atoms with E-state index in [0.717, 1.165) is 29.9 Å². The fourth-order valence-corrected chi connectivity index (χ4v) is 4.00. The number of rotatable bonds is 3. The highest BCUT2D eigenvalue weighted by Crippen LogP contribution is 2.30. The van der Waals surface area contributed by atoms with Gasteiger partial charge in [0.05, 0.1) is 5.69 Å². The first-order valence-electron chi connectivity index (χ1n) is 7.68. The number of aromatic nitrogens is 4. The Morgan fingerprint density at radius 1 is 1.32 bits per heavy atom. The number of fused-ring (bicyclic) bond motifs is 1. The van der Waals surface area contributed by atoms with E-state index in [9.17, 15) is 0 Å². The molecule has 0 N–H and O–H groups in total. The lowest BCUT2D eigenvalue weighted by Crippen LogP contribution is -2.34. The standard InChI is InChI=1S/C16H19N5S/c1-20-16-15(17-5-6-18-16)14(19-20)13-3-2-7-21(10-13)9-12-4-8-22-11-12/h4-6,8,11,13H,2-3,7,9-10H2,1H3/t13-/m0/s1. The van der Waals surface area contributed by atoms with Crippen LogP contribution in [0.2, 0.25) is 0 Å². The van der Waals surface area contributed by atoms with E-state index in [0.29, 0.717) is 5.92 Å². The summed E-state index contributed by atoms with van der Waals surface area (Å²) in [5.41, 5.74) is 4.37. The van der Waals surface area contributed by atoms with Crippen LogP contribution in [0.15, 0.2) is 29.2 Å². The molecule has 4 rings (SSSR count). The average molecular weight is 313 g/mol. The van der Waals surface area contributed by atoms with E-state index in [1.807, 2.05) is 11.7 Å². The minimum atomic E-state index is 0.452. The van der Waals surface area contributed by atoms with Gasteiger partial charge < -0.3 is 0 Å². The van der Waals surface area contributed by atoms with Gasteiger partial charge in [0, 0.05) is 38.4 Å². The number of thiophene rings is 1. The zero-order chi connectivity index (χ0) is 14.9. The summed E-state index contributed by atoms with van der Waals surface area (Å²) in [5, 5.41) is 9.10. The van der Waals surface area contributed by atoms with Crippen molar-refractivity contribution < 1.29 is 0 Å². The van der Waals surface area contributed by atoms with Crippen molar-refractivity contribution in [3.8, 4) is 0 Å². The fourth-order valence-electron chi connectivity index (χ4n) is 3.34. The summed E-state index contributed by atoms with van der Waals surface area (Å²) < 4.78 is 1.86. The molecule has 6 heteroatoms. The Morgan fingerprint density at radius 3 is 3.09 bits per heavy atom. The SMILES string of the molecule is Cn1nc([C@H]2CCCN(Cc3ccsc3)C2)c2nccnc21. The Labute approximate surface area is 133 Å². The molecule has 0 bridgehead atoms. The molecule has 0 aromatic carbocycles. The molecule has 1 saturated heterocycles. The Hall–Kier alpha value is -1.79. The molecule has 0 saturated carbocycles. The molecular formula is C16H19N5S. The minimum Gasteiger partial charge on any atom is -0.298 e. The second kappa shape index (κ2) is 5.78. The number of hydrogen-bond acceptors (Lipinski definition) is 5. The van der Waals surface area contributed by atoms with E-state index >= 15 is 0 Å². The van der Waals surface area contributed by atoms with Gasteiger partial charge >= 0.3 is 0 Å². The molecule has 1 aliphatic rings. The summed E-state index contributed by atoms with van der Waals surface area (Å²) in [7, 11) is 1.95. The lowest BCUT2D eigenvalue weighted by atomic mass is 9.94. The molecule has 0 spiro atoms. The lowest BCUT2D eigenvalue weighted by molar-refractivity contribution is 0.199. The van der Waals surface area contributed by atoms with Crippen molar-refractivity contribution in [1.29, 1.82) is 0 Å². The van der Waals surface area contributed by atoms with Crippen LogP contribution in [0, 0.1) is 0 Å². The first kappa shape index (κ1) is 13.8. The van der Waals surface area contributed by atoms with Crippen LogP contribution in [0.4, 0.5) is 0 Å². The normalized spacial score (nSPS) is 19.8. The van der Waals surface area contributed by atoms with E-state index in [2.05, 4.69) is 31.7 Å². The van der Waals surface area contributed by atoms with Gasteiger partial charge in [-0.05, 0) is 41.8 Å². The van der Waals surface area contributed by atoms with Gasteiger partial charge in [0.15, 0.2) is 5.65 Å². The summed E-state index contributed by atoms with van der Waals surface area (Å²) in [6.45, 7) is 3.26. The molecule has 4 heterocycles. The van der Waals surface area contributed by atoms with Crippen LogP contribution in [-0.4, -0.2) is 37.7 Å². The maximum Gasteiger partial charge on any atom is 0.176 e. The van der Waals surface area contributed by atoms with E-state index in [4.69, 9.17) is 5.10 Å². The van der Waals surface area contributed by atoms with Crippen LogP contribution in [0.3, 0.4) is 0 Å². The van der Waals surface area contributed by atoms with Crippen molar-refractivity contribution >= 4 is 22.5 Å². The van der Waals surface area contributed by atoms with Crippen molar-refractivity contribution in [2.24, 2.45) is 7.05 Å². The molecule has 3 aromatic rings. The largest absolute Gasteiger partial charge is 0.298 e. The maximum atomic E-state index is 4.71. The number of nitrogens with zero attached hydrogens (tertiary/aromatic N) is 5. The van der Waals surface area contributed by atoms with Gasteiger partial charge in [0.2, 0.25) is 0 Å². The third-order valence-corrected chi connectivity index (χ3v) is 5.10. The zero-order valence-electron chi connectivity index (χ0n) is 12.6. The van der Waals surface area contributed by atoms with E-state index in [1.165, 1.54) is 24.9 Å². The van der Waals surface area contributed by atoms with Crippen molar-refractivity contribution in [3.05, 3.63) is 40.5 Å². The lowest BCUT2D eigenvalue weighted by Gasteiger charge is -2.31. The molecular weight excluding hydrogens is 294 g/mol. The molecule has 22 heavy (non-hydrogen) atoms. The van der Waals surface area contributed by atoms with Crippen LogP contribution in [0.1, 0.15) is 30.0 Å². The number of piperidine rings is 1. The summed E-state index contributed by atoms with van der Waals surface area (Å²) in [6.07, 6.45) is 5.90. The first-order valence-corrected chi connectivity index (χ1v) is 8.62. The van der Waals surface area contributed by atoms with Crippen molar-refractivity contribution in [2.45, 2.75) is 25.3 Å². The van der Waals surface area contributed by atoms with Gasteiger partial charge in [-0.3, -0.25) is 4.90 Å². The van der Waals surface area contributed by atoms with Gasteiger partial charge in [-0.25, -0.2) is 14.6 Å². The van der Waals surface area contributed by atoms with Gasteiger partial charge in [-0.2, -0.15) is 16.4 Å². The van der Waals surface area contributed by atoms with Gasteiger partial charge in [0.1, 0.15) is 5.52 Å².